The topological polar surface area (TPSA) is 28.2 Å². The average Bonchev–Trinajstić information content (AvgIpc) is 2.37. The van der Waals surface area contributed by atoms with Crippen LogP contribution in [-0.4, -0.2) is 24.6 Å². The van der Waals surface area contributed by atoms with E-state index in [9.17, 15) is 0 Å². The number of nitrogens with one attached hydrogen (secondary N) is 1. The summed E-state index contributed by atoms with van der Waals surface area (Å²) in [5, 5.41) is 3.41. The summed E-state index contributed by atoms with van der Waals surface area (Å²) < 4.78 is 0. The van der Waals surface area contributed by atoms with Crippen molar-refractivity contribution < 1.29 is 0 Å². The molecule has 3 heteroatoms. The number of pyridine rings is 1. The summed E-state index contributed by atoms with van der Waals surface area (Å²) in [6.45, 7) is 11.1. The van der Waals surface area contributed by atoms with Crippen LogP contribution >= 0.6 is 0 Å². The van der Waals surface area contributed by atoms with Crippen molar-refractivity contribution in [3.05, 3.63) is 24.0 Å². The number of aromatic nitrogens is 1. The summed E-state index contributed by atoms with van der Waals surface area (Å²) in [6, 6.07) is 2.14. The van der Waals surface area contributed by atoms with Crippen LogP contribution in [0.4, 0.5) is 5.69 Å². The Balaban J connectivity index is 2.08. The molecule has 1 aromatic heterocycles. The van der Waals surface area contributed by atoms with Gasteiger partial charge in [0.15, 0.2) is 0 Å². The molecule has 0 amide bonds. The summed E-state index contributed by atoms with van der Waals surface area (Å²) in [5.41, 5.74) is 3.18. The Morgan fingerprint density at radius 2 is 2.06 bits per heavy atom. The maximum absolute atomic E-state index is 4.30. The molecule has 1 aromatic rings. The predicted molar refractivity (Wildman–Crippen MR) is 76.8 cm³/mol. The molecule has 0 aromatic carbocycles. The second-order valence-corrected chi connectivity index (χ2v) is 5.94. The molecule has 0 atom stereocenters. The molecule has 18 heavy (non-hydrogen) atoms. The van der Waals surface area contributed by atoms with Crippen LogP contribution in [0.2, 0.25) is 0 Å². The van der Waals surface area contributed by atoms with Crippen molar-refractivity contribution in [2.24, 2.45) is 5.41 Å². The fourth-order valence-corrected chi connectivity index (χ4v) is 2.46. The molecule has 2 heterocycles. The van der Waals surface area contributed by atoms with Crippen molar-refractivity contribution in [2.75, 3.05) is 24.5 Å². The van der Waals surface area contributed by atoms with Crippen molar-refractivity contribution in [1.82, 2.24) is 10.3 Å². The van der Waals surface area contributed by atoms with Gasteiger partial charge in [-0.05, 0) is 36.4 Å². The quantitative estimate of drug-likeness (QED) is 0.887. The summed E-state index contributed by atoms with van der Waals surface area (Å²) in [5.74, 6) is 0. The van der Waals surface area contributed by atoms with Crippen molar-refractivity contribution in [3.63, 3.8) is 0 Å². The van der Waals surface area contributed by atoms with Crippen LogP contribution in [0.1, 0.15) is 39.2 Å². The zero-order valence-corrected chi connectivity index (χ0v) is 11.9. The van der Waals surface area contributed by atoms with Crippen LogP contribution < -0.4 is 10.2 Å². The van der Waals surface area contributed by atoms with Gasteiger partial charge in [-0.1, -0.05) is 20.8 Å². The highest BCUT2D eigenvalue weighted by Crippen LogP contribution is 2.32. The number of hydrogen-bond donors (Lipinski definition) is 1. The lowest BCUT2D eigenvalue weighted by Gasteiger charge is -2.38. The zero-order valence-electron chi connectivity index (χ0n) is 11.9. The average molecular weight is 247 g/mol. The molecule has 1 aliphatic heterocycles. The van der Waals surface area contributed by atoms with E-state index >= 15 is 0 Å². The molecule has 1 aliphatic rings. The minimum atomic E-state index is 0.501. The van der Waals surface area contributed by atoms with Crippen molar-refractivity contribution in [2.45, 2.75) is 40.2 Å². The van der Waals surface area contributed by atoms with Gasteiger partial charge < -0.3 is 10.2 Å². The minimum Gasteiger partial charge on any atom is -0.370 e. The molecule has 1 fully saturated rings. The third-order valence-electron chi connectivity index (χ3n) is 3.91. The van der Waals surface area contributed by atoms with E-state index in [2.05, 4.69) is 42.0 Å². The van der Waals surface area contributed by atoms with E-state index in [1.807, 2.05) is 12.4 Å². The fourth-order valence-electron chi connectivity index (χ4n) is 2.46. The number of anilines is 1. The Hall–Kier alpha value is -1.09. The molecule has 0 aliphatic carbocycles. The number of nitrogens with zero attached hydrogens (tertiary/aromatic N) is 2. The molecule has 0 radical (unpaired) electrons. The van der Waals surface area contributed by atoms with E-state index in [4.69, 9.17) is 0 Å². The maximum atomic E-state index is 4.30. The van der Waals surface area contributed by atoms with E-state index in [-0.39, 0.29) is 0 Å². The Bertz CT molecular complexity index is 377. The monoisotopic (exact) mass is 247 g/mol. The zero-order chi connectivity index (χ0) is 13.0. The first-order valence-electron chi connectivity index (χ1n) is 7.01. The molecule has 1 saturated heterocycles. The summed E-state index contributed by atoms with van der Waals surface area (Å²) >= 11 is 0. The standard InChI is InChI=1S/C15H25N3/c1-4-16-11-13-5-8-17-12-14(13)18-9-6-15(2,3)7-10-18/h5,8,12,16H,4,6-7,9-11H2,1-3H3. The van der Waals surface area contributed by atoms with E-state index in [0.717, 1.165) is 26.2 Å². The van der Waals surface area contributed by atoms with Crippen LogP contribution in [0.5, 0.6) is 0 Å². The Labute approximate surface area is 111 Å². The first-order valence-corrected chi connectivity index (χ1v) is 7.01. The van der Waals surface area contributed by atoms with Gasteiger partial charge in [-0.25, -0.2) is 0 Å². The van der Waals surface area contributed by atoms with Gasteiger partial charge in [-0.2, -0.15) is 0 Å². The number of hydrogen-bond acceptors (Lipinski definition) is 3. The van der Waals surface area contributed by atoms with Gasteiger partial charge in [-0.3, -0.25) is 4.98 Å². The maximum Gasteiger partial charge on any atom is 0.0598 e. The van der Waals surface area contributed by atoms with Crippen molar-refractivity contribution >= 4 is 5.69 Å². The van der Waals surface area contributed by atoms with Gasteiger partial charge in [0, 0.05) is 25.8 Å². The Morgan fingerprint density at radius 1 is 1.33 bits per heavy atom. The van der Waals surface area contributed by atoms with E-state index < -0.39 is 0 Å². The van der Waals surface area contributed by atoms with Crippen LogP contribution in [0, 0.1) is 5.41 Å². The normalized spacial score (nSPS) is 18.9. The lowest BCUT2D eigenvalue weighted by molar-refractivity contribution is 0.279. The molecule has 0 spiro atoms. The highest BCUT2D eigenvalue weighted by atomic mass is 15.1. The Morgan fingerprint density at radius 3 is 2.72 bits per heavy atom. The SMILES string of the molecule is CCNCc1ccncc1N1CCC(C)(C)CC1. The van der Waals surface area contributed by atoms with Gasteiger partial charge in [0.25, 0.3) is 0 Å². The summed E-state index contributed by atoms with van der Waals surface area (Å²) in [7, 11) is 0. The lowest BCUT2D eigenvalue weighted by atomic mass is 9.82. The van der Waals surface area contributed by atoms with E-state index in [1.54, 1.807) is 0 Å². The van der Waals surface area contributed by atoms with Crippen molar-refractivity contribution in [1.29, 1.82) is 0 Å². The van der Waals surface area contributed by atoms with Gasteiger partial charge in [-0.15, -0.1) is 0 Å². The molecular weight excluding hydrogens is 222 g/mol. The van der Waals surface area contributed by atoms with Crippen LogP contribution in [0.3, 0.4) is 0 Å². The highest BCUT2D eigenvalue weighted by Gasteiger charge is 2.26. The smallest absolute Gasteiger partial charge is 0.0598 e. The Kier molecular flexibility index (Phi) is 4.23. The van der Waals surface area contributed by atoms with Crippen molar-refractivity contribution in [3.8, 4) is 0 Å². The second kappa shape index (κ2) is 5.70. The molecule has 100 valence electrons. The fraction of sp³-hybridized carbons (Fsp3) is 0.667. The van der Waals surface area contributed by atoms with Gasteiger partial charge in [0.05, 0.1) is 11.9 Å². The van der Waals surface area contributed by atoms with Gasteiger partial charge in [0.2, 0.25) is 0 Å². The molecule has 0 bridgehead atoms. The minimum absolute atomic E-state index is 0.501. The number of piperidine rings is 1. The number of rotatable bonds is 4. The van der Waals surface area contributed by atoms with Crippen LogP contribution in [0.25, 0.3) is 0 Å². The third kappa shape index (κ3) is 3.22. The molecule has 0 saturated carbocycles. The lowest BCUT2D eigenvalue weighted by Crippen LogP contribution is -2.38. The second-order valence-electron chi connectivity index (χ2n) is 5.94. The van der Waals surface area contributed by atoms with E-state index in [1.165, 1.54) is 24.1 Å². The molecule has 1 N–H and O–H groups in total. The van der Waals surface area contributed by atoms with Gasteiger partial charge in [0.1, 0.15) is 0 Å². The molecule has 3 nitrogen and oxygen atoms in total. The van der Waals surface area contributed by atoms with Crippen LogP contribution in [0.15, 0.2) is 18.5 Å². The first-order chi connectivity index (χ1) is 8.62. The van der Waals surface area contributed by atoms with Crippen LogP contribution in [-0.2, 0) is 6.54 Å². The highest BCUT2D eigenvalue weighted by molar-refractivity contribution is 5.52. The molecule has 0 unspecified atom stereocenters. The largest absolute Gasteiger partial charge is 0.370 e. The molecule has 2 rings (SSSR count). The van der Waals surface area contributed by atoms with Gasteiger partial charge >= 0.3 is 0 Å². The predicted octanol–water partition coefficient (Wildman–Crippen LogP) is 2.82. The van der Waals surface area contributed by atoms with E-state index in [0.29, 0.717) is 5.41 Å². The first kappa shape index (κ1) is 13.3. The third-order valence-corrected chi connectivity index (χ3v) is 3.91. The summed E-state index contributed by atoms with van der Waals surface area (Å²) in [4.78, 5) is 6.79. The summed E-state index contributed by atoms with van der Waals surface area (Å²) in [6.07, 6.45) is 6.44. The molecular formula is C15H25N3.